The van der Waals surface area contributed by atoms with E-state index in [0.717, 1.165) is 36.6 Å². The van der Waals surface area contributed by atoms with E-state index in [9.17, 15) is 5.11 Å². The van der Waals surface area contributed by atoms with E-state index in [1.807, 2.05) is 40.8 Å². The molecule has 1 aliphatic heterocycles. The van der Waals surface area contributed by atoms with Crippen molar-refractivity contribution in [3.8, 4) is 0 Å². The predicted octanol–water partition coefficient (Wildman–Crippen LogP) is 1.89. The van der Waals surface area contributed by atoms with Gasteiger partial charge in [0.25, 0.3) is 0 Å². The molecular weight excluding hydrogens is 282 g/mol. The third-order valence-electron chi connectivity index (χ3n) is 3.74. The van der Waals surface area contributed by atoms with Crippen molar-refractivity contribution in [3.63, 3.8) is 0 Å². The summed E-state index contributed by atoms with van der Waals surface area (Å²) in [6.45, 7) is 2.20. The Morgan fingerprint density at radius 1 is 1.29 bits per heavy atom. The number of aromatic nitrogens is 2. The molecule has 4 nitrogen and oxygen atoms in total. The summed E-state index contributed by atoms with van der Waals surface area (Å²) in [6, 6.07) is 10.3. The highest BCUT2D eigenvalue weighted by Gasteiger charge is 2.30. The van der Waals surface area contributed by atoms with Crippen LogP contribution in [0.4, 0.5) is 0 Å². The molecule has 2 aromatic rings. The van der Waals surface area contributed by atoms with E-state index in [1.54, 1.807) is 0 Å². The van der Waals surface area contributed by atoms with Crippen molar-refractivity contribution >= 4 is 11.8 Å². The standard InChI is InChI=1S/C16H21N3OS/c20-16(6-7-21-13-16)12-17-8-15-9-18-19(11-15)10-14-4-2-1-3-5-14/h1-5,9,11,17,20H,6-8,10,12-13H2. The Morgan fingerprint density at radius 2 is 2.14 bits per heavy atom. The fourth-order valence-corrected chi connectivity index (χ4v) is 3.83. The molecule has 1 aromatic heterocycles. The Kier molecular flexibility index (Phi) is 4.63. The van der Waals surface area contributed by atoms with Crippen LogP contribution in [-0.4, -0.2) is 38.5 Å². The summed E-state index contributed by atoms with van der Waals surface area (Å²) in [5.41, 5.74) is 1.88. The normalized spacial score (nSPS) is 21.8. The number of rotatable bonds is 6. The van der Waals surface area contributed by atoms with Crippen LogP contribution in [0.15, 0.2) is 42.7 Å². The summed E-state index contributed by atoms with van der Waals surface area (Å²) in [4.78, 5) is 0. The molecule has 1 saturated heterocycles. The highest BCUT2D eigenvalue weighted by Crippen LogP contribution is 2.26. The van der Waals surface area contributed by atoms with Gasteiger partial charge in [0.2, 0.25) is 0 Å². The maximum atomic E-state index is 10.3. The van der Waals surface area contributed by atoms with Crippen LogP contribution in [0.3, 0.4) is 0 Å². The van der Waals surface area contributed by atoms with E-state index in [2.05, 4.69) is 28.7 Å². The van der Waals surface area contributed by atoms with E-state index in [4.69, 9.17) is 0 Å². The molecule has 0 bridgehead atoms. The maximum Gasteiger partial charge on any atom is 0.0869 e. The highest BCUT2D eigenvalue weighted by atomic mass is 32.2. The van der Waals surface area contributed by atoms with Gasteiger partial charge in [0.05, 0.1) is 18.3 Å². The third kappa shape index (κ3) is 4.09. The molecule has 3 rings (SSSR count). The molecule has 0 radical (unpaired) electrons. The maximum absolute atomic E-state index is 10.3. The zero-order chi connectivity index (χ0) is 14.5. The predicted molar refractivity (Wildman–Crippen MR) is 86.4 cm³/mol. The minimum atomic E-state index is -0.523. The Morgan fingerprint density at radius 3 is 2.90 bits per heavy atom. The van der Waals surface area contributed by atoms with E-state index in [-0.39, 0.29) is 0 Å². The Labute approximate surface area is 129 Å². The van der Waals surface area contributed by atoms with Crippen LogP contribution in [0.25, 0.3) is 0 Å². The van der Waals surface area contributed by atoms with Crippen molar-refractivity contribution in [2.45, 2.75) is 25.1 Å². The number of aliphatic hydroxyl groups is 1. The van der Waals surface area contributed by atoms with Crippen LogP contribution in [0.2, 0.25) is 0 Å². The summed E-state index contributed by atoms with van der Waals surface area (Å²) in [7, 11) is 0. The second-order valence-electron chi connectivity index (χ2n) is 5.66. The molecule has 5 heteroatoms. The van der Waals surface area contributed by atoms with Gasteiger partial charge >= 0.3 is 0 Å². The summed E-state index contributed by atoms with van der Waals surface area (Å²) in [5, 5.41) is 18.0. The van der Waals surface area contributed by atoms with Gasteiger partial charge in [0.15, 0.2) is 0 Å². The molecule has 2 N–H and O–H groups in total. The lowest BCUT2D eigenvalue weighted by atomic mass is 10.0. The Balaban J connectivity index is 1.49. The minimum Gasteiger partial charge on any atom is -0.388 e. The Bertz CT molecular complexity index is 564. The van der Waals surface area contributed by atoms with Crippen molar-refractivity contribution in [2.24, 2.45) is 0 Å². The lowest BCUT2D eigenvalue weighted by Gasteiger charge is -2.21. The van der Waals surface area contributed by atoms with Gasteiger partial charge in [-0.1, -0.05) is 30.3 Å². The first kappa shape index (κ1) is 14.6. The van der Waals surface area contributed by atoms with Crippen LogP contribution in [0.5, 0.6) is 0 Å². The van der Waals surface area contributed by atoms with Crippen molar-refractivity contribution in [1.29, 1.82) is 0 Å². The average molecular weight is 303 g/mol. The van der Waals surface area contributed by atoms with Crippen LogP contribution >= 0.6 is 11.8 Å². The van der Waals surface area contributed by atoms with Gasteiger partial charge < -0.3 is 10.4 Å². The van der Waals surface area contributed by atoms with Crippen LogP contribution in [0, 0.1) is 0 Å². The van der Waals surface area contributed by atoms with E-state index < -0.39 is 5.60 Å². The topological polar surface area (TPSA) is 50.1 Å². The second-order valence-corrected chi connectivity index (χ2v) is 6.77. The van der Waals surface area contributed by atoms with E-state index in [0.29, 0.717) is 6.54 Å². The highest BCUT2D eigenvalue weighted by molar-refractivity contribution is 7.99. The van der Waals surface area contributed by atoms with Crippen molar-refractivity contribution < 1.29 is 5.11 Å². The Hall–Kier alpha value is -1.30. The summed E-state index contributed by atoms with van der Waals surface area (Å²) in [5.74, 6) is 1.90. The molecule has 1 atom stereocenters. The monoisotopic (exact) mass is 303 g/mol. The molecule has 1 fully saturated rings. The molecule has 2 heterocycles. The van der Waals surface area contributed by atoms with Crippen molar-refractivity contribution in [1.82, 2.24) is 15.1 Å². The fourth-order valence-electron chi connectivity index (χ4n) is 2.53. The van der Waals surface area contributed by atoms with Gasteiger partial charge in [-0.25, -0.2) is 0 Å². The van der Waals surface area contributed by atoms with Gasteiger partial charge in [-0.15, -0.1) is 0 Å². The SMILES string of the molecule is OC1(CNCc2cnn(Cc3ccccc3)c2)CCSC1. The molecule has 0 amide bonds. The third-order valence-corrected chi connectivity index (χ3v) is 4.97. The zero-order valence-corrected chi connectivity index (χ0v) is 12.9. The van der Waals surface area contributed by atoms with E-state index in [1.165, 1.54) is 5.56 Å². The van der Waals surface area contributed by atoms with Gasteiger partial charge in [-0.3, -0.25) is 4.68 Å². The number of nitrogens with one attached hydrogen (secondary N) is 1. The number of thioether (sulfide) groups is 1. The first-order valence-electron chi connectivity index (χ1n) is 7.30. The lowest BCUT2D eigenvalue weighted by Crippen LogP contribution is -2.40. The van der Waals surface area contributed by atoms with Crippen molar-refractivity contribution in [3.05, 3.63) is 53.9 Å². The molecular formula is C16H21N3OS. The number of hydrogen-bond acceptors (Lipinski definition) is 4. The zero-order valence-electron chi connectivity index (χ0n) is 12.0. The van der Waals surface area contributed by atoms with Crippen LogP contribution in [-0.2, 0) is 13.1 Å². The van der Waals surface area contributed by atoms with Crippen LogP contribution < -0.4 is 5.32 Å². The van der Waals surface area contributed by atoms with Crippen LogP contribution in [0.1, 0.15) is 17.5 Å². The molecule has 21 heavy (non-hydrogen) atoms. The molecule has 0 saturated carbocycles. The summed E-state index contributed by atoms with van der Waals surface area (Å²) >= 11 is 1.83. The smallest absolute Gasteiger partial charge is 0.0869 e. The van der Waals surface area contributed by atoms with Crippen molar-refractivity contribution in [2.75, 3.05) is 18.1 Å². The first-order valence-corrected chi connectivity index (χ1v) is 8.45. The quantitative estimate of drug-likeness (QED) is 0.855. The first-order chi connectivity index (χ1) is 10.2. The number of nitrogens with zero attached hydrogens (tertiary/aromatic N) is 2. The minimum absolute atomic E-state index is 0.523. The average Bonchev–Trinajstić information content (AvgIpc) is 3.10. The second kappa shape index (κ2) is 6.64. The molecule has 1 unspecified atom stereocenters. The van der Waals surface area contributed by atoms with Gasteiger partial charge in [-0.2, -0.15) is 16.9 Å². The fraction of sp³-hybridized carbons (Fsp3) is 0.438. The molecule has 0 aliphatic carbocycles. The number of hydrogen-bond donors (Lipinski definition) is 2. The molecule has 1 aromatic carbocycles. The molecule has 0 spiro atoms. The number of benzene rings is 1. The summed E-state index contributed by atoms with van der Waals surface area (Å²) in [6.07, 6.45) is 4.84. The summed E-state index contributed by atoms with van der Waals surface area (Å²) < 4.78 is 1.95. The molecule has 1 aliphatic rings. The largest absolute Gasteiger partial charge is 0.388 e. The lowest BCUT2D eigenvalue weighted by molar-refractivity contribution is 0.0674. The van der Waals surface area contributed by atoms with Gasteiger partial charge in [-0.05, 0) is 17.7 Å². The van der Waals surface area contributed by atoms with E-state index >= 15 is 0 Å². The van der Waals surface area contributed by atoms with Gasteiger partial charge in [0, 0.05) is 30.6 Å². The molecule has 112 valence electrons. The van der Waals surface area contributed by atoms with Gasteiger partial charge in [0.1, 0.15) is 0 Å².